The van der Waals surface area contributed by atoms with Crippen molar-refractivity contribution in [2.24, 2.45) is 4.99 Å². The summed E-state index contributed by atoms with van der Waals surface area (Å²) < 4.78 is 21.5. The number of carbonyl (C=O) groups excluding carboxylic acids is 1. The van der Waals surface area contributed by atoms with Crippen LogP contribution in [0.25, 0.3) is 5.69 Å². The predicted octanol–water partition coefficient (Wildman–Crippen LogP) is 4.10. The second-order valence-electron chi connectivity index (χ2n) is 6.22. The summed E-state index contributed by atoms with van der Waals surface area (Å²) in [6.07, 6.45) is 1.59. The quantitative estimate of drug-likeness (QED) is 0.658. The third-order valence-electron chi connectivity index (χ3n) is 4.54. The molecule has 0 unspecified atom stereocenters. The van der Waals surface area contributed by atoms with Crippen LogP contribution >= 0.6 is 0 Å². The number of esters is 1. The van der Waals surface area contributed by atoms with E-state index < -0.39 is 12.0 Å². The summed E-state index contributed by atoms with van der Waals surface area (Å²) in [7, 11) is 0. The fourth-order valence-electron chi connectivity index (χ4n) is 3.38. The maximum Gasteiger partial charge on any atom is 0.358 e. The Morgan fingerprint density at radius 3 is 2.59 bits per heavy atom. The molecule has 0 aliphatic carbocycles. The van der Waals surface area contributed by atoms with Crippen LogP contribution < -0.4 is 0 Å². The Morgan fingerprint density at radius 1 is 1.15 bits per heavy atom. The van der Waals surface area contributed by atoms with Crippen molar-refractivity contribution in [2.75, 3.05) is 6.61 Å². The van der Waals surface area contributed by atoms with Gasteiger partial charge < -0.3 is 4.74 Å². The smallest absolute Gasteiger partial charge is 0.358 e. The number of fused-ring (bicyclic) bond motifs is 3. The average molecular weight is 363 g/mol. The lowest BCUT2D eigenvalue weighted by atomic mass is 10.00. The van der Waals surface area contributed by atoms with Crippen molar-refractivity contribution in [1.29, 1.82) is 0 Å². The van der Waals surface area contributed by atoms with Gasteiger partial charge in [0.2, 0.25) is 0 Å². The van der Waals surface area contributed by atoms with Crippen molar-refractivity contribution in [1.82, 2.24) is 9.55 Å². The van der Waals surface area contributed by atoms with Gasteiger partial charge in [0.1, 0.15) is 12.1 Å². The molecule has 27 heavy (non-hydrogen) atoms. The van der Waals surface area contributed by atoms with Crippen molar-refractivity contribution in [3.8, 4) is 5.69 Å². The lowest BCUT2D eigenvalue weighted by Crippen LogP contribution is -2.11. The van der Waals surface area contributed by atoms with E-state index in [1.165, 1.54) is 6.07 Å². The van der Waals surface area contributed by atoms with E-state index in [1.807, 2.05) is 35.8 Å². The molecule has 4 rings (SSSR count). The molecule has 1 aromatic heterocycles. The van der Waals surface area contributed by atoms with Gasteiger partial charge in [-0.05, 0) is 32.0 Å². The van der Waals surface area contributed by atoms with Crippen LogP contribution in [0.3, 0.4) is 0 Å². The molecular weight excluding hydrogens is 345 g/mol. The maximum absolute atomic E-state index is 14.5. The number of benzene rings is 2. The topological polar surface area (TPSA) is 56.5 Å². The number of aromatic nitrogens is 2. The van der Waals surface area contributed by atoms with E-state index in [2.05, 4.69) is 4.98 Å². The molecule has 2 heterocycles. The third-order valence-corrected chi connectivity index (χ3v) is 4.54. The molecule has 0 bridgehead atoms. The van der Waals surface area contributed by atoms with Gasteiger partial charge >= 0.3 is 5.97 Å². The van der Waals surface area contributed by atoms with E-state index in [0.717, 1.165) is 11.3 Å². The molecule has 0 saturated heterocycles. The molecule has 0 spiro atoms. The van der Waals surface area contributed by atoms with Gasteiger partial charge in [-0.2, -0.15) is 0 Å². The molecule has 6 heteroatoms. The normalized spacial score (nSPS) is 15.4. The van der Waals surface area contributed by atoms with Crippen LogP contribution in [0.15, 0.2) is 59.9 Å². The molecular formula is C21H18FN3O2. The summed E-state index contributed by atoms with van der Waals surface area (Å²) in [5, 5.41) is 0. The predicted molar refractivity (Wildman–Crippen MR) is 100.0 cm³/mol. The van der Waals surface area contributed by atoms with Gasteiger partial charge in [0, 0.05) is 11.1 Å². The highest BCUT2D eigenvalue weighted by Crippen LogP contribution is 2.32. The molecule has 2 aromatic carbocycles. The summed E-state index contributed by atoms with van der Waals surface area (Å²) in [5.74, 6) is -0.825. The molecule has 136 valence electrons. The number of carbonyl (C=O) groups is 1. The number of imidazole rings is 1. The SMILES string of the molecule is CCOC(=O)c1ncn2c1[C@H](C)N=C(c1ccccc1F)c1ccccc1-2. The molecule has 0 saturated carbocycles. The number of nitrogens with zero attached hydrogens (tertiary/aromatic N) is 3. The second-order valence-corrected chi connectivity index (χ2v) is 6.22. The maximum atomic E-state index is 14.5. The van der Waals surface area contributed by atoms with E-state index in [4.69, 9.17) is 9.73 Å². The number of ether oxygens (including phenoxy) is 1. The number of hydrogen-bond acceptors (Lipinski definition) is 4. The van der Waals surface area contributed by atoms with E-state index in [9.17, 15) is 9.18 Å². The lowest BCUT2D eigenvalue weighted by molar-refractivity contribution is 0.0518. The Balaban J connectivity index is 1.97. The minimum absolute atomic E-state index is 0.234. The summed E-state index contributed by atoms with van der Waals surface area (Å²) in [5.41, 5.74) is 3.41. The molecule has 0 amide bonds. The minimum Gasteiger partial charge on any atom is -0.461 e. The van der Waals surface area contributed by atoms with E-state index in [0.29, 0.717) is 17.0 Å². The van der Waals surface area contributed by atoms with Crippen molar-refractivity contribution >= 4 is 11.7 Å². The molecule has 1 aliphatic rings. The van der Waals surface area contributed by atoms with E-state index in [1.54, 1.807) is 31.5 Å². The van der Waals surface area contributed by atoms with Crippen LogP contribution in [0.1, 0.15) is 47.2 Å². The van der Waals surface area contributed by atoms with Crippen molar-refractivity contribution in [3.63, 3.8) is 0 Å². The molecule has 1 aliphatic heterocycles. The van der Waals surface area contributed by atoms with Gasteiger partial charge in [-0.3, -0.25) is 9.56 Å². The highest BCUT2D eigenvalue weighted by Gasteiger charge is 2.29. The third kappa shape index (κ3) is 2.83. The molecule has 0 radical (unpaired) electrons. The van der Waals surface area contributed by atoms with Gasteiger partial charge in [-0.25, -0.2) is 14.2 Å². The molecule has 5 nitrogen and oxygen atoms in total. The zero-order chi connectivity index (χ0) is 19.0. The Morgan fingerprint density at radius 2 is 1.85 bits per heavy atom. The minimum atomic E-state index is -0.486. The number of halogens is 1. The summed E-state index contributed by atoms with van der Waals surface area (Å²) in [6, 6.07) is 13.7. The van der Waals surface area contributed by atoms with Gasteiger partial charge in [-0.1, -0.05) is 30.3 Å². The van der Waals surface area contributed by atoms with Crippen molar-refractivity contribution in [2.45, 2.75) is 19.9 Å². The van der Waals surface area contributed by atoms with Crippen LogP contribution in [0.4, 0.5) is 4.39 Å². The van der Waals surface area contributed by atoms with Crippen LogP contribution in [-0.2, 0) is 4.74 Å². The summed E-state index contributed by atoms with van der Waals surface area (Å²) >= 11 is 0. The first kappa shape index (κ1) is 17.1. The standard InChI is InChI=1S/C21H18FN3O2/c1-3-27-21(26)19-20-13(2)24-18(14-8-4-6-10-16(14)22)15-9-5-7-11-17(15)25(20)12-23-19/h4-13H,3H2,1-2H3/t13-/m0/s1. The monoisotopic (exact) mass is 363 g/mol. The zero-order valence-electron chi connectivity index (χ0n) is 15.0. The highest BCUT2D eigenvalue weighted by molar-refractivity contribution is 6.15. The van der Waals surface area contributed by atoms with Gasteiger partial charge in [0.25, 0.3) is 0 Å². The summed E-state index contributed by atoms with van der Waals surface area (Å²) in [6.45, 7) is 3.88. The van der Waals surface area contributed by atoms with E-state index >= 15 is 0 Å². The first-order valence-electron chi connectivity index (χ1n) is 8.78. The Hall–Kier alpha value is -3.28. The van der Waals surface area contributed by atoms with Gasteiger partial charge in [0.05, 0.1) is 29.7 Å². The summed E-state index contributed by atoms with van der Waals surface area (Å²) in [4.78, 5) is 21.4. The number of aliphatic imine (C=N–C) groups is 1. The van der Waals surface area contributed by atoms with Gasteiger partial charge in [-0.15, -0.1) is 0 Å². The Kier molecular flexibility index (Phi) is 4.32. The van der Waals surface area contributed by atoms with Crippen LogP contribution in [0.5, 0.6) is 0 Å². The molecule has 1 atom stereocenters. The van der Waals surface area contributed by atoms with Crippen LogP contribution in [-0.4, -0.2) is 27.8 Å². The Bertz CT molecular complexity index is 1060. The molecule has 3 aromatic rings. The molecule has 0 N–H and O–H groups in total. The first-order chi connectivity index (χ1) is 13.1. The van der Waals surface area contributed by atoms with Crippen molar-refractivity contribution < 1.29 is 13.9 Å². The first-order valence-corrected chi connectivity index (χ1v) is 8.78. The number of rotatable bonds is 3. The van der Waals surface area contributed by atoms with Gasteiger partial charge in [0.15, 0.2) is 5.69 Å². The second kappa shape index (κ2) is 6.79. The zero-order valence-corrected chi connectivity index (χ0v) is 15.0. The molecule has 0 fully saturated rings. The van der Waals surface area contributed by atoms with Crippen LogP contribution in [0, 0.1) is 5.82 Å². The number of para-hydroxylation sites is 1. The van der Waals surface area contributed by atoms with Crippen LogP contribution in [0.2, 0.25) is 0 Å². The Labute approximate surface area is 156 Å². The number of hydrogen-bond donors (Lipinski definition) is 0. The van der Waals surface area contributed by atoms with E-state index in [-0.39, 0.29) is 18.1 Å². The fraction of sp³-hybridized carbons (Fsp3) is 0.190. The average Bonchev–Trinajstić information content (AvgIpc) is 3.07. The largest absolute Gasteiger partial charge is 0.461 e. The highest BCUT2D eigenvalue weighted by atomic mass is 19.1. The lowest BCUT2D eigenvalue weighted by Gasteiger charge is -2.11. The fourth-order valence-corrected chi connectivity index (χ4v) is 3.38. The van der Waals surface area contributed by atoms with Crippen molar-refractivity contribution in [3.05, 3.63) is 83.2 Å².